The Balaban J connectivity index is 1.69. The van der Waals surface area contributed by atoms with Crippen LogP contribution in [0.25, 0.3) is 0 Å². The standard InChI is InChI=1S/C17H25NO/c1-17(2,3-4-18)10-15(19)16-13-6-11-5-12(8-13)9-14(16)7-11/h11-14,16H,3,5-10H2,1-2H3. The second-order valence-electron chi connectivity index (χ2n) is 8.10. The first kappa shape index (κ1) is 13.2. The smallest absolute Gasteiger partial charge is 0.137 e. The van der Waals surface area contributed by atoms with E-state index in [2.05, 4.69) is 19.9 Å². The lowest BCUT2D eigenvalue weighted by Gasteiger charge is -2.54. The molecule has 0 aromatic heterocycles. The van der Waals surface area contributed by atoms with E-state index in [0.29, 0.717) is 36.4 Å². The molecule has 4 aliphatic rings. The average Bonchev–Trinajstić information content (AvgIpc) is 2.25. The van der Waals surface area contributed by atoms with Gasteiger partial charge in [0.1, 0.15) is 5.78 Å². The van der Waals surface area contributed by atoms with E-state index < -0.39 is 0 Å². The number of hydrogen-bond donors (Lipinski definition) is 0. The molecular formula is C17H25NO. The van der Waals surface area contributed by atoms with Gasteiger partial charge in [-0.15, -0.1) is 0 Å². The topological polar surface area (TPSA) is 40.9 Å². The number of nitrogens with zero attached hydrogens (tertiary/aromatic N) is 1. The fourth-order valence-corrected chi connectivity index (χ4v) is 5.32. The van der Waals surface area contributed by atoms with Crippen LogP contribution < -0.4 is 0 Å². The first-order valence-corrected chi connectivity index (χ1v) is 7.88. The van der Waals surface area contributed by atoms with Gasteiger partial charge in [0.25, 0.3) is 0 Å². The maximum atomic E-state index is 12.7. The lowest BCUT2D eigenvalue weighted by Crippen LogP contribution is -2.48. The summed E-state index contributed by atoms with van der Waals surface area (Å²) in [5.74, 6) is 4.03. The largest absolute Gasteiger partial charge is 0.299 e. The SMILES string of the molecule is CC(C)(CC#N)CC(=O)C1C2CC3CC(C2)CC1C3. The van der Waals surface area contributed by atoms with Crippen LogP contribution in [-0.2, 0) is 4.79 Å². The van der Waals surface area contributed by atoms with Gasteiger partial charge in [-0.05, 0) is 61.2 Å². The Morgan fingerprint density at radius 1 is 1.11 bits per heavy atom. The van der Waals surface area contributed by atoms with Crippen molar-refractivity contribution in [2.45, 2.75) is 58.8 Å². The van der Waals surface area contributed by atoms with E-state index in [1.54, 1.807) is 0 Å². The quantitative estimate of drug-likeness (QED) is 0.766. The number of carbonyl (C=O) groups excluding carboxylic acids is 1. The zero-order chi connectivity index (χ0) is 13.6. The third-order valence-electron chi connectivity index (χ3n) is 5.81. The highest BCUT2D eigenvalue weighted by atomic mass is 16.1. The van der Waals surface area contributed by atoms with E-state index in [-0.39, 0.29) is 5.41 Å². The van der Waals surface area contributed by atoms with Gasteiger partial charge in [-0.25, -0.2) is 0 Å². The molecule has 2 nitrogen and oxygen atoms in total. The second kappa shape index (κ2) is 4.62. The molecule has 4 bridgehead atoms. The van der Waals surface area contributed by atoms with Gasteiger partial charge in [-0.2, -0.15) is 5.26 Å². The Kier molecular flexibility index (Phi) is 3.20. The maximum Gasteiger partial charge on any atom is 0.137 e. The van der Waals surface area contributed by atoms with Gasteiger partial charge in [0.15, 0.2) is 0 Å². The third kappa shape index (κ3) is 2.45. The van der Waals surface area contributed by atoms with Gasteiger partial charge < -0.3 is 0 Å². The summed E-state index contributed by atoms with van der Waals surface area (Å²) in [6, 6.07) is 2.23. The number of ketones is 1. The molecule has 0 saturated heterocycles. The average molecular weight is 259 g/mol. The summed E-state index contributed by atoms with van der Waals surface area (Å²) < 4.78 is 0. The summed E-state index contributed by atoms with van der Waals surface area (Å²) in [6.45, 7) is 4.12. The van der Waals surface area contributed by atoms with Gasteiger partial charge in [0.2, 0.25) is 0 Å². The van der Waals surface area contributed by atoms with Crippen LogP contribution in [-0.4, -0.2) is 5.78 Å². The Labute approximate surface area is 116 Å². The van der Waals surface area contributed by atoms with Crippen LogP contribution in [0.15, 0.2) is 0 Å². The van der Waals surface area contributed by atoms with E-state index in [9.17, 15) is 4.79 Å². The third-order valence-corrected chi connectivity index (χ3v) is 5.81. The number of carbonyl (C=O) groups is 1. The summed E-state index contributed by atoms with van der Waals surface area (Å²) in [4.78, 5) is 12.7. The van der Waals surface area contributed by atoms with Crippen LogP contribution in [0.1, 0.15) is 58.8 Å². The molecule has 0 amide bonds. The van der Waals surface area contributed by atoms with E-state index in [0.717, 1.165) is 11.8 Å². The molecule has 0 aromatic carbocycles. The Morgan fingerprint density at radius 3 is 2.11 bits per heavy atom. The Bertz CT molecular complexity index is 389. The first-order valence-electron chi connectivity index (χ1n) is 7.88. The Hall–Kier alpha value is -0.840. The lowest BCUT2D eigenvalue weighted by molar-refractivity contribution is -0.137. The van der Waals surface area contributed by atoms with Crippen molar-refractivity contribution in [3.8, 4) is 6.07 Å². The van der Waals surface area contributed by atoms with Crippen LogP contribution in [0, 0.1) is 46.3 Å². The minimum atomic E-state index is -0.138. The molecule has 104 valence electrons. The monoisotopic (exact) mass is 259 g/mol. The minimum Gasteiger partial charge on any atom is -0.299 e. The first-order chi connectivity index (χ1) is 8.98. The highest BCUT2D eigenvalue weighted by Gasteiger charge is 2.50. The van der Waals surface area contributed by atoms with Crippen molar-refractivity contribution in [1.29, 1.82) is 5.26 Å². The van der Waals surface area contributed by atoms with Crippen LogP contribution in [0.3, 0.4) is 0 Å². The molecule has 0 aliphatic heterocycles. The molecule has 0 radical (unpaired) electrons. The van der Waals surface area contributed by atoms with Crippen LogP contribution >= 0.6 is 0 Å². The van der Waals surface area contributed by atoms with Crippen LogP contribution in [0.4, 0.5) is 0 Å². The number of Topliss-reactive ketones (excluding diaryl/α,β-unsaturated/α-hetero) is 1. The van der Waals surface area contributed by atoms with Crippen molar-refractivity contribution >= 4 is 5.78 Å². The van der Waals surface area contributed by atoms with Crippen molar-refractivity contribution in [2.75, 3.05) is 0 Å². The fraction of sp³-hybridized carbons (Fsp3) is 0.882. The molecular weight excluding hydrogens is 234 g/mol. The number of rotatable bonds is 4. The summed E-state index contributed by atoms with van der Waals surface area (Å²) in [7, 11) is 0. The van der Waals surface area contributed by atoms with Crippen molar-refractivity contribution in [2.24, 2.45) is 35.0 Å². The number of nitriles is 1. The van der Waals surface area contributed by atoms with Gasteiger partial charge in [-0.1, -0.05) is 13.8 Å². The predicted molar refractivity (Wildman–Crippen MR) is 74.2 cm³/mol. The molecule has 0 N–H and O–H groups in total. The summed E-state index contributed by atoms with van der Waals surface area (Å²) >= 11 is 0. The summed E-state index contributed by atoms with van der Waals surface area (Å²) in [6.07, 6.45) is 7.77. The molecule has 0 atom stereocenters. The van der Waals surface area contributed by atoms with Gasteiger partial charge in [0, 0.05) is 18.8 Å². The molecule has 0 spiro atoms. The molecule has 0 aromatic rings. The van der Waals surface area contributed by atoms with Crippen molar-refractivity contribution in [3.63, 3.8) is 0 Å². The molecule has 4 rings (SSSR count). The molecule has 0 heterocycles. The second-order valence-corrected chi connectivity index (χ2v) is 8.10. The predicted octanol–water partition coefficient (Wildman–Crippen LogP) is 3.96. The fourth-order valence-electron chi connectivity index (χ4n) is 5.32. The molecule has 4 saturated carbocycles. The van der Waals surface area contributed by atoms with Gasteiger partial charge >= 0.3 is 0 Å². The number of hydrogen-bond acceptors (Lipinski definition) is 2. The molecule has 4 fully saturated rings. The van der Waals surface area contributed by atoms with Crippen LogP contribution in [0.5, 0.6) is 0 Å². The molecule has 2 heteroatoms. The zero-order valence-electron chi connectivity index (χ0n) is 12.2. The summed E-state index contributed by atoms with van der Waals surface area (Å²) in [5, 5.41) is 8.87. The highest BCUT2D eigenvalue weighted by Crippen LogP contribution is 2.57. The minimum absolute atomic E-state index is 0.138. The van der Waals surface area contributed by atoms with Crippen LogP contribution in [0.2, 0.25) is 0 Å². The van der Waals surface area contributed by atoms with E-state index in [4.69, 9.17) is 5.26 Å². The van der Waals surface area contributed by atoms with E-state index >= 15 is 0 Å². The van der Waals surface area contributed by atoms with Crippen molar-refractivity contribution < 1.29 is 4.79 Å². The van der Waals surface area contributed by atoms with Gasteiger partial charge in [0.05, 0.1) is 6.07 Å². The van der Waals surface area contributed by atoms with Crippen molar-refractivity contribution in [3.05, 3.63) is 0 Å². The van der Waals surface area contributed by atoms with E-state index in [1.807, 2.05) is 0 Å². The molecule has 4 aliphatic carbocycles. The maximum absolute atomic E-state index is 12.7. The molecule has 19 heavy (non-hydrogen) atoms. The highest BCUT2D eigenvalue weighted by molar-refractivity contribution is 5.82. The summed E-state index contributed by atoms with van der Waals surface area (Å²) in [5.41, 5.74) is -0.138. The lowest BCUT2D eigenvalue weighted by atomic mass is 9.50. The zero-order valence-corrected chi connectivity index (χ0v) is 12.2. The molecule has 0 unspecified atom stereocenters. The Morgan fingerprint density at radius 2 is 1.63 bits per heavy atom. The normalized spacial score (nSPS) is 40.2. The van der Waals surface area contributed by atoms with E-state index in [1.165, 1.54) is 32.1 Å². The van der Waals surface area contributed by atoms with Crippen molar-refractivity contribution in [1.82, 2.24) is 0 Å². The van der Waals surface area contributed by atoms with Gasteiger partial charge in [-0.3, -0.25) is 4.79 Å².